The number of anilines is 1. The monoisotopic (exact) mass is 414 g/mol. The molecule has 27 heavy (non-hydrogen) atoms. The van der Waals surface area contributed by atoms with E-state index in [2.05, 4.69) is 10.6 Å². The van der Waals surface area contributed by atoms with Gasteiger partial charge in [0.15, 0.2) is 5.11 Å². The van der Waals surface area contributed by atoms with Crippen LogP contribution in [0.1, 0.15) is 35.6 Å². The number of thiocarbonyl (C=S) groups is 1. The first-order chi connectivity index (χ1) is 12.8. The lowest BCUT2D eigenvalue weighted by Gasteiger charge is -2.28. The maximum absolute atomic E-state index is 13.0. The van der Waals surface area contributed by atoms with Crippen LogP contribution in [0.4, 0.5) is 18.9 Å². The summed E-state index contributed by atoms with van der Waals surface area (Å²) in [5.41, 5.74) is 1.65. The fraction of sp³-hybridized carbons (Fsp3) is 0.316. The average molecular weight is 415 g/mol. The lowest BCUT2D eigenvalue weighted by Crippen LogP contribution is -2.34. The average Bonchev–Trinajstić information content (AvgIpc) is 2.62. The van der Waals surface area contributed by atoms with Crippen molar-refractivity contribution in [1.29, 1.82) is 0 Å². The molecule has 2 aromatic rings. The van der Waals surface area contributed by atoms with E-state index >= 15 is 0 Å². The maximum atomic E-state index is 13.0. The zero-order chi connectivity index (χ0) is 19.6. The highest BCUT2D eigenvalue weighted by Crippen LogP contribution is 2.36. The first kappa shape index (κ1) is 19.8. The van der Waals surface area contributed by atoms with Crippen molar-refractivity contribution in [3.63, 3.8) is 0 Å². The summed E-state index contributed by atoms with van der Waals surface area (Å²) in [7, 11) is 1.63. The number of fused-ring (bicyclic) bond motifs is 1. The Labute approximate surface area is 165 Å². The fourth-order valence-corrected chi connectivity index (χ4v) is 3.70. The molecule has 0 bridgehead atoms. The number of nitrogens with one attached hydrogen (secondary N) is 2. The minimum absolute atomic E-state index is 0.00552. The Morgan fingerprint density at radius 1 is 1.22 bits per heavy atom. The zero-order valence-electron chi connectivity index (χ0n) is 14.5. The zero-order valence-corrected chi connectivity index (χ0v) is 16.1. The van der Waals surface area contributed by atoms with Gasteiger partial charge in [-0.1, -0.05) is 17.7 Å². The topological polar surface area (TPSA) is 33.3 Å². The van der Waals surface area contributed by atoms with E-state index in [0.717, 1.165) is 36.6 Å². The maximum Gasteiger partial charge on any atom is 0.417 e. The van der Waals surface area contributed by atoms with Crippen LogP contribution in [-0.2, 0) is 12.6 Å². The van der Waals surface area contributed by atoms with Gasteiger partial charge >= 0.3 is 6.18 Å². The molecule has 0 amide bonds. The third-order valence-corrected chi connectivity index (χ3v) is 5.05. The van der Waals surface area contributed by atoms with Crippen molar-refractivity contribution in [2.75, 3.05) is 12.4 Å². The lowest BCUT2D eigenvalue weighted by atomic mass is 9.87. The lowest BCUT2D eigenvalue weighted by molar-refractivity contribution is -0.137. The van der Waals surface area contributed by atoms with Gasteiger partial charge in [0.05, 0.1) is 23.7 Å². The minimum Gasteiger partial charge on any atom is -0.497 e. The molecular weight excluding hydrogens is 397 g/mol. The third-order valence-electron chi connectivity index (χ3n) is 4.50. The van der Waals surface area contributed by atoms with Gasteiger partial charge in [-0.05, 0) is 72.9 Å². The Hall–Kier alpha value is -1.99. The van der Waals surface area contributed by atoms with Crippen LogP contribution in [0.2, 0.25) is 5.02 Å². The standard InChI is InChI=1S/C19H18ClF3N2OS/c1-26-13-6-7-14-11(9-13)3-2-4-17(14)25-18(27)24-12-5-8-16(20)15(10-12)19(21,22)23/h5-10,17H,2-4H2,1H3,(H2,24,25,27)/t17-/m0/s1. The van der Waals surface area contributed by atoms with E-state index < -0.39 is 11.7 Å². The molecule has 1 atom stereocenters. The van der Waals surface area contributed by atoms with Crippen molar-refractivity contribution in [1.82, 2.24) is 5.32 Å². The molecule has 0 aliphatic heterocycles. The number of rotatable bonds is 3. The highest BCUT2D eigenvalue weighted by Gasteiger charge is 2.33. The molecule has 0 unspecified atom stereocenters. The largest absolute Gasteiger partial charge is 0.497 e. The molecule has 0 saturated heterocycles. The first-order valence-electron chi connectivity index (χ1n) is 8.39. The predicted octanol–water partition coefficient (Wildman–Crippen LogP) is 5.73. The van der Waals surface area contributed by atoms with Crippen molar-refractivity contribution in [2.24, 2.45) is 0 Å². The van der Waals surface area contributed by atoms with Crippen LogP contribution >= 0.6 is 23.8 Å². The van der Waals surface area contributed by atoms with E-state index in [-0.39, 0.29) is 21.9 Å². The number of alkyl halides is 3. The van der Waals surface area contributed by atoms with E-state index in [1.807, 2.05) is 18.2 Å². The van der Waals surface area contributed by atoms with Crippen LogP contribution in [0, 0.1) is 0 Å². The van der Waals surface area contributed by atoms with Gasteiger partial charge in [0.2, 0.25) is 0 Å². The molecule has 0 saturated carbocycles. The Kier molecular flexibility index (Phi) is 5.81. The molecule has 8 heteroatoms. The molecule has 2 aromatic carbocycles. The summed E-state index contributed by atoms with van der Waals surface area (Å²) in [6, 6.07) is 9.52. The van der Waals surface area contributed by atoms with Crippen LogP contribution in [0.5, 0.6) is 5.75 Å². The Bertz CT molecular complexity index is 857. The summed E-state index contributed by atoms with van der Waals surface area (Å²) < 4.78 is 44.2. The molecule has 0 radical (unpaired) electrons. The summed E-state index contributed by atoms with van der Waals surface area (Å²) in [5, 5.41) is 5.94. The second-order valence-corrected chi connectivity index (χ2v) is 7.12. The number of aryl methyl sites for hydroxylation is 1. The van der Waals surface area contributed by atoms with Gasteiger partial charge in [-0.3, -0.25) is 0 Å². The number of hydrogen-bond acceptors (Lipinski definition) is 2. The van der Waals surface area contributed by atoms with Gasteiger partial charge in [0.25, 0.3) is 0 Å². The van der Waals surface area contributed by atoms with E-state index in [1.165, 1.54) is 17.7 Å². The Balaban J connectivity index is 1.73. The minimum atomic E-state index is -4.52. The Morgan fingerprint density at radius 2 is 2.00 bits per heavy atom. The summed E-state index contributed by atoms with van der Waals surface area (Å²) >= 11 is 11.0. The van der Waals surface area contributed by atoms with Crippen LogP contribution in [0.3, 0.4) is 0 Å². The molecule has 144 valence electrons. The van der Waals surface area contributed by atoms with E-state index in [4.69, 9.17) is 28.6 Å². The molecule has 1 aliphatic carbocycles. The van der Waals surface area contributed by atoms with Gasteiger partial charge < -0.3 is 15.4 Å². The molecule has 2 N–H and O–H groups in total. The molecule has 0 fully saturated rings. The van der Waals surface area contributed by atoms with Crippen molar-refractivity contribution >= 4 is 34.6 Å². The number of hydrogen-bond donors (Lipinski definition) is 2. The van der Waals surface area contributed by atoms with Crippen LogP contribution in [0.15, 0.2) is 36.4 Å². The number of methoxy groups -OCH3 is 1. The molecule has 0 heterocycles. The van der Waals surface area contributed by atoms with Gasteiger partial charge in [-0.15, -0.1) is 0 Å². The summed E-state index contributed by atoms with van der Waals surface area (Å²) in [5.74, 6) is 0.802. The number of halogens is 4. The third kappa shape index (κ3) is 4.65. The van der Waals surface area contributed by atoms with Gasteiger partial charge in [0.1, 0.15) is 5.75 Å². The molecule has 1 aliphatic rings. The normalized spacial score (nSPS) is 16.4. The van der Waals surface area contributed by atoms with Crippen molar-refractivity contribution in [3.05, 3.63) is 58.1 Å². The molecule has 3 rings (SSSR count). The van der Waals surface area contributed by atoms with Crippen molar-refractivity contribution < 1.29 is 17.9 Å². The summed E-state index contributed by atoms with van der Waals surface area (Å²) in [6.07, 6.45) is -1.70. The van der Waals surface area contributed by atoms with Crippen LogP contribution < -0.4 is 15.4 Å². The van der Waals surface area contributed by atoms with Gasteiger partial charge in [-0.2, -0.15) is 13.2 Å². The molecule has 0 aromatic heterocycles. The molecular formula is C19H18ClF3N2OS. The van der Waals surface area contributed by atoms with E-state index in [0.29, 0.717) is 0 Å². The first-order valence-corrected chi connectivity index (χ1v) is 9.17. The molecule has 0 spiro atoms. The van der Waals surface area contributed by atoms with E-state index in [1.54, 1.807) is 7.11 Å². The van der Waals surface area contributed by atoms with E-state index in [9.17, 15) is 13.2 Å². The second-order valence-electron chi connectivity index (χ2n) is 6.30. The quantitative estimate of drug-likeness (QED) is 0.628. The fourth-order valence-electron chi connectivity index (χ4n) is 3.21. The predicted molar refractivity (Wildman–Crippen MR) is 104 cm³/mol. The molecule has 3 nitrogen and oxygen atoms in total. The second kappa shape index (κ2) is 7.94. The smallest absolute Gasteiger partial charge is 0.417 e. The van der Waals surface area contributed by atoms with Crippen LogP contribution in [-0.4, -0.2) is 12.2 Å². The number of benzene rings is 2. The summed E-state index contributed by atoms with van der Waals surface area (Å²) in [4.78, 5) is 0. The SMILES string of the molecule is COc1ccc2c(c1)CCC[C@@H]2NC(=S)Nc1ccc(Cl)c(C(F)(F)F)c1. The highest BCUT2D eigenvalue weighted by atomic mass is 35.5. The van der Waals surface area contributed by atoms with Crippen LogP contribution in [0.25, 0.3) is 0 Å². The van der Waals surface area contributed by atoms with Crippen molar-refractivity contribution in [2.45, 2.75) is 31.5 Å². The summed E-state index contributed by atoms with van der Waals surface area (Å²) in [6.45, 7) is 0. The van der Waals surface area contributed by atoms with Crippen molar-refractivity contribution in [3.8, 4) is 5.75 Å². The Morgan fingerprint density at radius 3 is 2.70 bits per heavy atom. The van der Waals surface area contributed by atoms with Gasteiger partial charge in [-0.25, -0.2) is 0 Å². The van der Waals surface area contributed by atoms with Gasteiger partial charge in [0, 0.05) is 5.69 Å². The number of ether oxygens (including phenoxy) is 1. The highest BCUT2D eigenvalue weighted by molar-refractivity contribution is 7.80.